The number of hydrogen-bond acceptors (Lipinski definition) is 4. The van der Waals surface area contributed by atoms with E-state index in [0.29, 0.717) is 12.8 Å². The Labute approximate surface area is 119 Å². The number of carbonyl (C=O) groups excluding carboxylic acids is 2. The molecule has 0 radical (unpaired) electrons. The van der Waals surface area contributed by atoms with Crippen molar-refractivity contribution in [3.05, 3.63) is 29.8 Å². The summed E-state index contributed by atoms with van der Waals surface area (Å²) >= 11 is 0. The van der Waals surface area contributed by atoms with Crippen molar-refractivity contribution < 1.29 is 19.1 Å². The first-order valence-electron chi connectivity index (χ1n) is 6.87. The van der Waals surface area contributed by atoms with Crippen LogP contribution < -0.4 is 4.74 Å². The monoisotopic (exact) mass is 276 g/mol. The third-order valence-corrected chi connectivity index (χ3v) is 3.67. The van der Waals surface area contributed by atoms with Crippen LogP contribution in [0.2, 0.25) is 0 Å². The third-order valence-electron chi connectivity index (χ3n) is 3.67. The Kier molecular flexibility index (Phi) is 4.42. The average Bonchev–Trinajstić information content (AvgIpc) is 2.37. The molecule has 0 spiro atoms. The smallest absolute Gasteiger partial charge is 0.309 e. The molecule has 1 aromatic rings. The van der Waals surface area contributed by atoms with Crippen LogP contribution in [0.15, 0.2) is 24.3 Å². The van der Waals surface area contributed by atoms with Gasteiger partial charge in [0.15, 0.2) is 0 Å². The van der Waals surface area contributed by atoms with Crippen LogP contribution in [-0.2, 0) is 20.7 Å². The lowest BCUT2D eigenvalue weighted by Crippen LogP contribution is -2.45. The predicted octanol–water partition coefficient (Wildman–Crippen LogP) is 2.68. The molecule has 2 rings (SSSR count). The van der Waals surface area contributed by atoms with Gasteiger partial charge < -0.3 is 9.47 Å². The highest BCUT2D eigenvalue weighted by atomic mass is 16.5. The molecule has 1 aromatic carbocycles. The van der Waals surface area contributed by atoms with E-state index in [9.17, 15) is 9.59 Å². The van der Waals surface area contributed by atoms with Gasteiger partial charge in [-0.15, -0.1) is 0 Å². The maximum atomic E-state index is 11.4. The molecule has 0 aliphatic heterocycles. The maximum Gasteiger partial charge on any atom is 0.309 e. The van der Waals surface area contributed by atoms with Gasteiger partial charge in [0, 0.05) is 6.42 Å². The van der Waals surface area contributed by atoms with Gasteiger partial charge in [-0.1, -0.05) is 12.1 Å². The minimum Gasteiger partial charge on any atom is -0.487 e. The topological polar surface area (TPSA) is 52.6 Å². The lowest BCUT2D eigenvalue weighted by atomic mass is 9.77. The molecule has 0 heterocycles. The maximum absolute atomic E-state index is 11.4. The van der Waals surface area contributed by atoms with Crippen molar-refractivity contribution in [1.82, 2.24) is 0 Å². The SMILES string of the molecule is COC(=O)CC1(Oc2ccc(CC(C)=O)cc2)CCC1. The summed E-state index contributed by atoms with van der Waals surface area (Å²) in [5, 5.41) is 0. The minimum absolute atomic E-state index is 0.139. The lowest BCUT2D eigenvalue weighted by Gasteiger charge is -2.41. The molecular weight excluding hydrogens is 256 g/mol. The van der Waals surface area contributed by atoms with Crippen LogP contribution in [0.3, 0.4) is 0 Å². The molecule has 4 heteroatoms. The highest BCUT2D eigenvalue weighted by Crippen LogP contribution is 2.39. The van der Waals surface area contributed by atoms with Crippen molar-refractivity contribution in [3.8, 4) is 5.75 Å². The molecule has 20 heavy (non-hydrogen) atoms. The fraction of sp³-hybridized carbons (Fsp3) is 0.500. The van der Waals surface area contributed by atoms with Crippen molar-refractivity contribution in [2.24, 2.45) is 0 Å². The van der Waals surface area contributed by atoms with Crippen LogP contribution in [0.25, 0.3) is 0 Å². The zero-order valence-corrected chi connectivity index (χ0v) is 12.0. The van der Waals surface area contributed by atoms with Crippen molar-refractivity contribution in [2.75, 3.05) is 7.11 Å². The number of benzene rings is 1. The molecule has 0 unspecified atom stereocenters. The Morgan fingerprint density at radius 2 is 1.85 bits per heavy atom. The van der Waals surface area contributed by atoms with E-state index in [-0.39, 0.29) is 11.8 Å². The third kappa shape index (κ3) is 3.59. The van der Waals surface area contributed by atoms with Crippen LogP contribution >= 0.6 is 0 Å². The Bertz CT molecular complexity index is 486. The molecule has 1 fully saturated rings. The summed E-state index contributed by atoms with van der Waals surface area (Å²) in [6, 6.07) is 7.49. The second kappa shape index (κ2) is 6.07. The summed E-state index contributed by atoms with van der Waals surface area (Å²) in [6.07, 6.45) is 3.54. The molecule has 0 saturated heterocycles. The van der Waals surface area contributed by atoms with Crippen LogP contribution in [0.5, 0.6) is 5.75 Å². The predicted molar refractivity (Wildman–Crippen MR) is 74.7 cm³/mol. The van der Waals surface area contributed by atoms with E-state index >= 15 is 0 Å². The van der Waals surface area contributed by atoms with Gasteiger partial charge in [-0.25, -0.2) is 0 Å². The van der Waals surface area contributed by atoms with Gasteiger partial charge in [-0.2, -0.15) is 0 Å². The first-order valence-corrected chi connectivity index (χ1v) is 6.87. The van der Waals surface area contributed by atoms with E-state index in [0.717, 1.165) is 30.6 Å². The number of Topliss-reactive ketones (excluding diaryl/α,β-unsaturated/α-hetero) is 1. The number of hydrogen-bond donors (Lipinski definition) is 0. The van der Waals surface area contributed by atoms with Gasteiger partial charge in [0.2, 0.25) is 0 Å². The zero-order valence-electron chi connectivity index (χ0n) is 12.0. The van der Waals surface area contributed by atoms with E-state index < -0.39 is 5.60 Å². The summed E-state index contributed by atoms with van der Waals surface area (Å²) in [4.78, 5) is 22.5. The molecule has 4 nitrogen and oxygen atoms in total. The van der Waals surface area contributed by atoms with Crippen LogP contribution in [0, 0.1) is 0 Å². The normalized spacial score (nSPS) is 16.1. The van der Waals surface area contributed by atoms with Crippen LogP contribution in [-0.4, -0.2) is 24.5 Å². The quantitative estimate of drug-likeness (QED) is 0.750. The average molecular weight is 276 g/mol. The Balaban J connectivity index is 2.01. The molecule has 1 aliphatic rings. The Morgan fingerprint density at radius 3 is 2.30 bits per heavy atom. The highest BCUT2D eigenvalue weighted by molar-refractivity contribution is 5.78. The summed E-state index contributed by atoms with van der Waals surface area (Å²) in [6.45, 7) is 1.57. The van der Waals surface area contributed by atoms with Gasteiger partial charge >= 0.3 is 5.97 Å². The van der Waals surface area contributed by atoms with Crippen LogP contribution in [0.4, 0.5) is 0 Å². The first-order chi connectivity index (χ1) is 9.53. The number of ketones is 1. The largest absolute Gasteiger partial charge is 0.487 e. The highest BCUT2D eigenvalue weighted by Gasteiger charge is 2.41. The van der Waals surface area contributed by atoms with E-state index in [1.165, 1.54) is 7.11 Å². The molecule has 0 amide bonds. The first kappa shape index (κ1) is 14.6. The van der Waals surface area contributed by atoms with Gasteiger partial charge in [0.05, 0.1) is 13.5 Å². The van der Waals surface area contributed by atoms with Crippen molar-refractivity contribution >= 4 is 11.8 Å². The van der Waals surface area contributed by atoms with Gasteiger partial charge in [0.25, 0.3) is 0 Å². The van der Waals surface area contributed by atoms with Crippen molar-refractivity contribution in [3.63, 3.8) is 0 Å². The standard InChI is InChI=1S/C16H20O4/c1-12(17)10-13-4-6-14(7-5-13)20-16(8-3-9-16)11-15(18)19-2/h4-7H,3,8-11H2,1-2H3. The number of ether oxygens (including phenoxy) is 2. The van der Waals surface area contributed by atoms with Crippen LogP contribution in [0.1, 0.15) is 38.2 Å². The summed E-state index contributed by atoms with van der Waals surface area (Å²) in [5.74, 6) is 0.638. The molecule has 0 aromatic heterocycles. The van der Waals surface area contributed by atoms with E-state index in [1.807, 2.05) is 24.3 Å². The summed E-state index contributed by atoms with van der Waals surface area (Å²) in [5.41, 5.74) is 0.565. The van der Waals surface area contributed by atoms with E-state index in [2.05, 4.69) is 0 Å². The Hall–Kier alpha value is -1.84. The second-order valence-corrected chi connectivity index (χ2v) is 5.41. The van der Waals surface area contributed by atoms with Crippen molar-refractivity contribution in [1.29, 1.82) is 0 Å². The van der Waals surface area contributed by atoms with Gasteiger partial charge in [0.1, 0.15) is 17.1 Å². The van der Waals surface area contributed by atoms with E-state index in [4.69, 9.17) is 9.47 Å². The lowest BCUT2D eigenvalue weighted by molar-refractivity contribution is -0.148. The van der Waals surface area contributed by atoms with Gasteiger partial charge in [-0.3, -0.25) is 9.59 Å². The molecule has 0 bridgehead atoms. The zero-order chi connectivity index (χ0) is 14.6. The summed E-state index contributed by atoms with van der Waals surface area (Å²) in [7, 11) is 1.39. The molecule has 108 valence electrons. The van der Waals surface area contributed by atoms with Crippen molar-refractivity contribution in [2.45, 2.75) is 44.6 Å². The number of carbonyl (C=O) groups is 2. The number of rotatable bonds is 6. The fourth-order valence-electron chi connectivity index (χ4n) is 2.43. The second-order valence-electron chi connectivity index (χ2n) is 5.41. The van der Waals surface area contributed by atoms with E-state index in [1.54, 1.807) is 6.92 Å². The molecule has 0 atom stereocenters. The fourth-order valence-corrected chi connectivity index (χ4v) is 2.43. The number of esters is 1. The number of methoxy groups -OCH3 is 1. The minimum atomic E-state index is -0.408. The summed E-state index contributed by atoms with van der Waals surface area (Å²) < 4.78 is 10.7. The molecular formula is C16H20O4. The Morgan fingerprint density at radius 1 is 1.20 bits per heavy atom. The molecule has 1 aliphatic carbocycles. The molecule has 0 N–H and O–H groups in total. The molecule has 1 saturated carbocycles. The van der Waals surface area contributed by atoms with Gasteiger partial charge in [-0.05, 0) is 43.9 Å².